The molecule has 3 saturated carbocycles. The minimum atomic E-state index is -0.414. The van der Waals surface area contributed by atoms with Gasteiger partial charge in [0, 0.05) is 18.5 Å². The smallest absolute Gasteiger partial charge is 0.404 e. The third-order valence-electron chi connectivity index (χ3n) is 10.7. The van der Waals surface area contributed by atoms with Crippen molar-refractivity contribution in [2.45, 2.75) is 103 Å². The number of carbonyl (C=O) groups is 1. The van der Waals surface area contributed by atoms with Crippen molar-refractivity contribution in [3.8, 4) is 0 Å². The fourth-order valence-corrected chi connectivity index (χ4v) is 8.25. The van der Waals surface area contributed by atoms with Gasteiger partial charge >= 0.3 is 7.12 Å². The minimum absolute atomic E-state index is 0.0362. The number of hydrogen-bond acceptors (Lipinski definition) is 5. The number of nitrogens with zero attached hydrogens (tertiary/aromatic N) is 1. The van der Waals surface area contributed by atoms with E-state index in [1.165, 1.54) is 24.1 Å². The molecule has 2 heterocycles. The standard InChI is InChI=1S/C34H46BFN2O4/c1-21(2)14-31(35-40-30-17-24-16-29(33(24,4)5)34(30,6)42-35)38-26(19-27(41-38)15-23-10-8-7-9-11-23)20-37-32(39)28-18-25(36)13-12-22(28)3/h7-13,18,21,24,26-27,29-31H,14-17,19-20H2,1-6H3,(H,37,39)/t24-,26?,27?,29-,30+,31-,34-/m0/s1. The Bertz CT molecular complexity index is 1290. The average Bonchev–Trinajstić information content (AvgIpc) is 3.51. The Morgan fingerprint density at radius 3 is 2.60 bits per heavy atom. The quantitative estimate of drug-likeness (QED) is 0.363. The van der Waals surface area contributed by atoms with Crippen LogP contribution in [-0.2, 0) is 20.6 Å². The maximum atomic E-state index is 14.0. The highest BCUT2D eigenvalue weighted by Gasteiger charge is 2.69. The summed E-state index contributed by atoms with van der Waals surface area (Å²) in [7, 11) is -0.406. The molecule has 7 rings (SSSR count). The van der Waals surface area contributed by atoms with Gasteiger partial charge in [-0.2, -0.15) is 5.06 Å². The van der Waals surface area contributed by atoms with E-state index in [2.05, 4.69) is 69.3 Å². The summed E-state index contributed by atoms with van der Waals surface area (Å²) in [6.45, 7) is 13.7. The topological polar surface area (TPSA) is 60.0 Å². The molecule has 8 heteroatoms. The summed E-state index contributed by atoms with van der Waals surface area (Å²) in [4.78, 5) is 19.9. The molecule has 3 aliphatic carbocycles. The van der Waals surface area contributed by atoms with Crippen molar-refractivity contribution in [2.24, 2.45) is 23.2 Å². The second-order valence-electron chi connectivity index (χ2n) is 14.4. The Morgan fingerprint density at radius 1 is 1.12 bits per heavy atom. The van der Waals surface area contributed by atoms with Crippen LogP contribution in [0.2, 0.25) is 0 Å². The van der Waals surface area contributed by atoms with Crippen LogP contribution in [0.15, 0.2) is 48.5 Å². The first-order valence-corrected chi connectivity index (χ1v) is 15.8. The van der Waals surface area contributed by atoms with Crippen LogP contribution in [0, 0.1) is 35.9 Å². The zero-order chi connectivity index (χ0) is 29.8. The van der Waals surface area contributed by atoms with Crippen LogP contribution in [0.5, 0.6) is 0 Å². The molecule has 2 unspecified atom stereocenters. The van der Waals surface area contributed by atoms with Crippen molar-refractivity contribution in [3.05, 3.63) is 71.0 Å². The van der Waals surface area contributed by atoms with E-state index in [9.17, 15) is 9.18 Å². The summed E-state index contributed by atoms with van der Waals surface area (Å²) in [6.07, 6.45) is 4.68. The Balaban J connectivity index is 1.24. The van der Waals surface area contributed by atoms with Gasteiger partial charge in [-0.3, -0.25) is 9.63 Å². The second kappa shape index (κ2) is 11.3. The van der Waals surface area contributed by atoms with Crippen LogP contribution in [-0.4, -0.2) is 54.4 Å². The number of halogens is 1. The number of amides is 1. The van der Waals surface area contributed by atoms with Crippen LogP contribution in [0.25, 0.3) is 0 Å². The monoisotopic (exact) mass is 576 g/mol. The zero-order valence-corrected chi connectivity index (χ0v) is 25.9. The van der Waals surface area contributed by atoms with E-state index in [-0.39, 0.29) is 41.1 Å². The highest BCUT2D eigenvalue weighted by atomic mass is 19.1. The van der Waals surface area contributed by atoms with Gasteiger partial charge < -0.3 is 14.6 Å². The normalized spacial score (nSPS) is 32.5. The van der Waals surface area contributed by atoms with Crippen LogP contribution in [0.1, 0.15) is 81.8 Å². The van der Waals surface area contributed by atoms with Crippen molar-refractivity contribution >= 4 is 13.0 Å². The summed E-state index contributed by atoms with van der Waals surface area (Å²) in [5.74, 6) is 0.749. The average molecular weight is 577 g/mol. The Kier molecular flexibility index (Phi) is 8.05. The number of rotatable bonds is 9. The maximum absolute atomic E-state index is 14.0. The van der Waals surface area contributed by atoms with Crippen LogP contribution in [0.3, 0.4) is 0 Å². The van der Waals surface area contributed by atoms with E-state index in [1.54, 1.807) is 6.07 Å². The lowest BCUT2D eigenvalue weighted by molar-refractivity contribution is -0.200. The van der Waals surface area contributed by atoms with Crippen molar-refractivity contribution in [1.82, 2.24) is 10.4 Å². The molecule has 2 aliphatic heterocycles. The van der Waals surface area contributed by atoms with Gasteiger partial charge in [0.15, 0.2) is 0 Å². The van der Waals surface area contributed by atoms with Crippen molar-refractivity contribution in [1.29, 1.82) is 0 Å². The molecule has 2 aromatic carbocycles. The molecule has 1 amide bonds. The van der Waals surface area contributed by atoms with Gasteiger partial charge in [0.2, 0.25) is 0 Å². The molecule has 1 N–H and O–H groups in total. The molecule has 5 aliphatic rings. The van der Waals surface area contributed by atoms with Gasteiger partial charge in [-0.05, 0) is 86.0 Å². The SMILES string of the molecule is Cc1ccc(F)cc1C(=O)NCC1CC(Cc2ccccc2)ON1[C@@H](CC(C)C)B1O[C@@H]2C[C@@H]3C[C@@H](C3(C)C)[C@]2(C)O1. The van der Waals surface area contributed by atoms with Crippen LogP contribution < -0.4 is 5.32 Å². The Morgan fingerprint density at radius 2 is 1.88 bits per heavy atom. The van der Waals surface area contributed by atoms with E-state index in [0.29, 0.717) is 29.9 Å². The van der Waals surface area contributed by atoms with E-state index in [1.807, 2.05) is 13.0 Å². The van der Waals surface area contributed by atoms with E-state index in [0.717, 1.165) is 31.2 Å². The largest absolute Gasteiger partial charge is 0.478 e. The van der Waals surface area contributed by atoms with Gasteiger partial charge in [-0.1, -0.05) is 64.1 Å². The summed E-state index contributed by atoms with van der Waals surface area (Å²) >= 11 is 0. The number of benzene rings is 2. The van der Waals surface area contributed by atoms with E-state index >= 15 is 0 Å². The maximum Gasteiger partial charge on any atom is 0.478 e. The third-order valence-corrected chi connectivity index (χ3v) is 10.7. The summed E-state index contributed by atoms with van der Waals surface area (Å²) < 4.78 is 27.7. The van der Waals surface area contributed by atoms with E-state index in [4.69, 9.17) is 14.1 Å². The molecule has 226 valence electrons. The molecule has 2 saturated heterocycles. The molecular weight excluding hydrogens is 530 g/mol. The minimum Gasteiger partial charge on any atom is -0.404 e. The molecule has 42 heavy (non-hydrogen) atoms. The van der Waals surface area contributed by atoms with Gasteiger partial charge in [0.1, 0.15) is 5.82 Å². The van der Waals surface area contributed by atoms with Gasteiger partial charge in [-0.25, -0.2) is 4.39 Å². The second-order valence-corrected chi connectivity index (χ2v) is 14.4. The summed E-state index contributed by atoms with van der Waals surface area (Å²) in [6, 6.07) is 14.6. The molecular formula is C34H46BFN2O4. The van der Waals surface area contributed by atoms with Gasteiger partial charge in [-0.15, -0.1) is 0 Å². The highest BCUT2D eigenvalue weighted by Crippen LogP contribution is 2.66. The Labute approximate surface area is 250 Å². The lowest BCUT2D eigenvalue weighted by atomic mass is 9.43. The lowest BCUT2D eigenvalue weighted by Gasteiger charge is -2.64. The van der Waals surface area contributed by atoms with Gasteiger partial charge in [0.05, 0.1) is 29.8 Å². The molecule has 6 nitrogen and oxygen atoms in total. The fourth-order valence-electron chi connectivity index (χ4n) is 8.25. The number of hydrogen-bond donors (Lipinski definition) is 1. The highest BCUT2D eigenvalue weighted by molar-refractivity contribution is 6.47. The Hall–Kier alpha value is -2.26. The first kappa shape index (κ1) is 29.8. The molecule has 7 atom stereocenters. The van der Waals surface area contributed by atoms with Crippen molar-refractivity contribution in [3.63, 3.8) is 0 Å². The number of carbonyl (C=O) groups excluding carboxylic acids is 1. The predicted molar refractivity (Wildman–Crippen MR) is 162 cm³/mol. The van der Waals surface area contributed by atoms with Crippen molar-refractivity contribution in [2.75, 3.05) is 6.54 Å². The number of aryl methyl sites for hydroxylation is 1. The molecule has 0 spiro atoms. The molecule has 0 aromatic heterocycles. The number of hydroxylamine groups is 2. The lowest BCUT2D eigenvalue weighted by Crippen LogP contribution is -2.65. The van der Waals surface area contributed by atoms with Crippen LogP contribution >= 0.6 is 0 Å². The fraction of sp³-hybridized carbons (Fsp3) is 0.618. The summed E-state index contributed by atoms with van der Waals surface area (Å²) in [5.41, 5.74) is 2.29. The van der Waals surface area contributed by atoms with Gasteiger partial charge in [0.25, 0.3) is 5.91 Å². The first-order valence-electron chi connectivity index (χ1n) is 15.8. The molecule has 2 aromatic rings. The molecule has 5 fully saturated rings. The number of nitrogens with one attached hydrogen (secondary N) is 1. The third kappa shape index (κ3) is 5.44. The summed E-state index contributed by atoms with van der Waals surface area (Å²) in [5, 5.41) is 5.19. The predicted octanol–water partition coefficient (Wildman–Crippen LogP) is 6.16. The molecule has 0 radical (unpaired) electrons. The zero-order valence-electron chi connectivity index (χ0n) is 25.9. The van der Waals surface area contributed by atoms with Crippen LogP contribution in [0.4, 0.5) is 4.39 Å². The molecule has 2 bridgehead atoms. The van der Waals surface area contributed by atoms with E-state index < -0.39 is 12.9 Å². The van der Waals surface area contributed by atoms with Crippen molar-refractivity contribution < 1.29 is 23.3 Å². The first-order chi connectivity index (χ1) is 20.0.